The lowest BCUT2D eigenvalue weighted by Gasteiger charge is -2.28. The zero-order valence-electron chi connectivity index (χ0n) is 28.2. The molecule has 248 valence electrons. The molecule has 4 heteroatoms. The van der Waals surface area contributed by atoms with Gasteiger partial charge in [-0.05, 0) is 95.3 Å². The van der Waals surface area contributed by atoms with Crippen LogP contribution in [0.1, 0.15) is 29.9 Å². The highest BCUT2D eigenvalue weighted by atomic mass is 32.2. The van der Waals surface area contributed by atoms with E-state index in [-0.39, 0.29) is 0 Å². The van der Waals surface area contributed by atoms with Gasteiger partial charge < -0.3 is 9.47 Å². The molecule has 2 aliphatic heterocycles. The SMILES string of the molecule is C1=C(c2ccc3c(c2)Oc2ccccc2-c2ccccc2Oc2cc(-c4cccc5sc6ccccc6c45)ccc2-3)C2c3ccccc3SC2CC1. The minimum absolute atomic E-state index is 0.376. The first-order valence-electron chi connectivity index (χ1n) is 18.0. The molecule has 52 heavy (non-hydrogen) atoms. The Morgan fingerprint density at radius 1 is 0.500 bits per heavy atom. The van der Waals surface area contributed by atoms with Crippen LogP contribution in [0.15, 0.2) is 163 Å². The topological polar surface area (TPSA) is 18.5 Å². The van der Waals surface area contributed by atoms with Crippen molar-refractivity contribution >= 4 is 48.8 Å². The maximum Gasteiger partial charge on any atom is 0.136 e. The van der Waals surface area contributed by atoms with E-state index in [9.17, 15) is 0 Å². The molecule has 1 aromatic heterocycles. The van der Waals surface area contributed by atoms with Crippen molar-refractivity contribution in [2.75, 3.05) is 0 Å². The Labute approximate surface area is 311 Å². The van der Waals surface area contributed by atoms with Crippen LogP contribution in [-0.2, 0) is 0 Å². The van der Waals surface area contributed by atoms with E-state index in [0.29, 0.717) is 11.2 Å². The van der Waals surface area contributed by atoms with Crippen molar-refractivity contribution < 1.29 is 9.47 Å². The maximum atomic E-state index is 7.07. The van der Waals surface area contributed by atoms with Crippen LogP contribution in [0.3, 0.4) is 0 Å². The number of allylic oxidation sites excluding steroid dienone is 2. The first kappa shape index (κ1) is 30.1. The normalized spacial score (nSPS) is 17.0. The molecule has 11 rings (SSSR count). The van der Waals surface area contributed by atoms with Crippen LogP contribution in [0.25, 0.3) is 59.1 Å². The molecular formula is C48H32O2S2. The summed E-state index contributed by atoms with van der Waals surface area (Å²) in [5, 5.41) is 3.13. The zero-order chi connectivity index (χ0) is 34.2. The van der Waals surface area contributed by atoms with Gasteiger partial charge in [-0.15, -0.1) is 23.1 Å². The molecule has 0 spiro atoms. The molecule has 0 radical (unpaired) electrons. The molecular weight excluding hydrogens is 673 g/mol. The molecule has 0 saturated heterocycles. The molecule has 8 aromatic rings. The van der Waals surface area contributed by atoms with Crippen LogP contribution in [0.4, 0.5) is 0 Å². The summed E-state index contributed by atoms with van der Waals surface area (Å²) < 4.78 is 16.7. The highest BCUT2D eigenvalue weighted by Crippen LogP contribution is 2.56. The second kappa shape index (κ2) is 12.0. The first-order chi connectivity index (χ1) is 25.8. The molecule has 3 aliphatic rings. The van der Waals surface area contributed by atoms with Crippen molar-refractivity contribution in [3.8, 4) is 56.4 Å². The smallest absolute Gasteiger partial charge is 0.136 e. The number of hydrogen-bond acceptors (Lipinski definition) is 4. The summed E-state index contributed by atoms with van der Waals surface area (Å²) in [5.74, 6) is 3.62. The molecule has 7 aromatic carbocycles. The third-order valence-corrected chi connectivity index (χ3v) is 13.4. The number of hydrogen-bond donors (Lipinski definition) is 0. The van der Waals surface area contributed by atoms with Gasteiger partial charge in [0, 0.05) is 58.5 Å². The Balaban J connectivity index is 1.12. The summed E-state index contributed by atoms with van der Waals surface area (Å²) in [6.07, 6.45) is 4.75. The van der Waals surface area contributed by atoms with Gasteiger partial charge in [0.1, 0.15) is 23.0 Å². The Hall–Kier alpha value is -5.55. The molecule has 0 N–H and O–H groups in total. The Bertz CT molecular complexity index is 2750. The van der Waals surface area contributed by atoms with Gasteiger partial charge in [-0.25, -0.2) is 0 Å². The second-order valence-electron chi connectivity index (χ2n) is 13.8. The molecule has 2 unspecified atom stereocenters. The van der Waals surface area contributed by atoms with Gasteiger partial charge in [0.25, 0.3) is 0 Å². The Kier molecular flexibility index (Phi) is 6.96. The number of thioether (sulfide) groups is 1. The van der Waals surface area contributed by atoms with Gasteiger partial charge in [0.2, 0.25) is 0 Å². The van der Waals surface area contributed by atoms with E-state index in [1.807, 2.05) is 35.2 Å². The summed E-state index contributed by atoms with van der Waals surface area (Å²) in [7, 11) is 0. The lowest BCUT2D eigenvalue weighted by atomic mass is 9.79. The zero-order valence-corrected chi connectivity index (χ0v) is 29.8. The molecule has 0 fully saturated rings. The number of ether oxygens (including phenoxy) is 2. The quantitative estimate of drug-likeness (QED) is 0.178. The van der Waals surface area contributed by atoms with Gasteiger partial charge in [0.05, 0.1) is 0 Å². The summed E-state index contributed by atoms with van der Waals surface area (Å²) in [4.78, 5) is 1.42. The van der Waals surface area contributed by atoms with Crippen LogP contribution in [-0.4, -0.2) is 5.25 Å². The lowest BCUT2D eigenvalue weighted by molar-refractivity contribution is 0.472. The standard InChI is InChI=1S/C48H32O2S2/c1-5-17-39-33(11-1)34-12-2-6-18-40(34)50-42-28-30(32-16-10-22-46-48(32)38-14-4-8-20-44(38)52-46)24-26-36(42)35-25-23-29(27-41(35)49-39)31-15-9-21-45-47(31)37-13-3-7-19-43(37)51-45/h1-9,11-21,23-28,46,48H,10,22H2. The van der Waals surface area contributed by atoms with Crippen molar-refractivity contribution in [3.05, 3.63) is 169 Å². The van der Waals surface area contributed by atoms with E-state index in [2.05, 4.69) is 146 Å². The minimum atomic E-state index is 0.376. The highest BCUT2D eigenvalue weighted by Gasteiger charge is 2.38. The number of fused-ring (bicyclic) bond motifs is 12. The van der Waals surface area contributed by atoms with E-state index in [0.717, 1.165) is 57.2 Å². The van der Waals surface area contributed by atoms with Crippen LogP contribution in [0.2, 0.25) is 0 Å². The summed E-state index contributed by atoms with van der Waals surface area (Å²) in [5.41, 5.74) is 10.4. The van der Waals surface area contributed by atoms with Crippen molar-refractivity contribution in [1.82, 2.24) is 0 Å². The molecule has 0 bridgehead atoms. The van der Waals surface area contributed by atoms with Gasteiger partial charge in [-0.1, -0.05) is 103 Å². The van der Waals surface area contributed by atoms with Gasteiger partial charge in [-0.2, -0.15) is 0 Å². The predicted octanol–water partition coefficient (Wildman–Crippen LogP) is 14.4. The van der Waals surface area contributed by atoms with E-state index in [1.54, 1.807) is 0 Å². The molecule has 2 nitrogen and oxygen atoms in total. The summed E-state index contributed by atoms with van der Waals surface area (Å²) in [6.45, 7) is 0. The molecule has 0 amide bonds. The number of rotatable bonds is 2. The van der Waals surface area contributed by atoms with Gasteiger partial charge >= 0.3 is 0 Å². The highest BCUT2D eigenvalue weighted by molar-refractivity contribution is 8.00. The van der Waals surface area contributed by atoms with Crippen LogP contribution in [0.5, 0.6) is 23.0 Å². The van der Waals surface area contributed by atoms with Gasteiger partial charge in [-0.3, -0.25) is 0 Å². The second-order valence-corrected chi connectivity index (χ2v) is 16.2. The van der Waals surface area contributed by atoms with E-state index in [1.165, 1.54) is 53.8 Å². The molecule has 2 atom stereocenters. The Morgan fingerprint density at radius 2 is 1.12 bits per heavy atom. The van der Waals surface area contributed by atoms with E-state index >= 15 is 0 Å². The van der Waals surface area contributed by atoms with Crippen LogP contribution >= 0.6 is 23.1 Å². The molecule has 0 saturated carbocycles. The van der Waals surface area contributed by atoms with E-state index in [4.69, 9.17) is 9.47 Å². The lowest BCUT2D eigenvalue weighted by Crippen LogP contribution is -2.16. The first-order valence-corrected chi connectivity index (χ1v) is 19.7. The van der Waals surface area contributed by atoms with Crippen molar-refractivity contribution in [3.63, 3.8) is 0 Å². The largest absolute Gasteiger partial charge is 0.456 e. The molecule has 3 heterocycles. The van der Waals surface area contributed by atoms with Crippen molar-refractivity contribution in [2.45, 2.75) is 28.9 Å². The number of thiophene rings is 1. The average Bonchev–Trinajstić information content (AvgIpc) is 3.77. The predicted molar refractivity (Wildman–Crippen MR) is 218 cm³/mol. The van der Waals surface area contributed by atoms with E-state index < -0.39 is 0 Å². The summed E-state index contributed by atoms with van der Waals surface area (Å²) >= 11 is 3.89. The monoisotopic (exact) mass is 704 g/mol. The fraction of sp³-hybridized carbons (Fsp3) is 0.0833. The maximum absolute atomic E-state index is 7.07. The third kappa shape index (κ3) is 4.78. The average molecular weight is 705 g/mol. The van der Waals surface area contributed by atoms with Gasteiger partial charge in [0.15, 0.2) is 0 Å². The fourth-order valence-electron chi connectivity index (χ4n) is 8.51. The molecule has 1 aliphatic carbocycles. The minimum Gasteiger partial charge on any atom is -0.456 e. The number of benzene rings is 7. The summed E-state index contributed by atoms with van der Waals surface area (Å²) in [6, 6.07) is 54.4. The van der Waals surface area contributed by atoms with Crippen molar-refractivity contribution in [1.29, 1.82) is 0 Å². The van der Waals surface area contributed by atoms with Crippen LogP contribution < -0.4 is 9.47 Å². The number of para-hydroxylation sites is 2. The fourth-order valence-corrected chi connectivity index (χ4v) is 11.1. The Morgan fingerprint density at radius 3 is 1.92 bits per heavy atom. The van der Waals surface area contributed by atoms with Crippen LogP contribution in [0, 0.1) is 0 Å². The van der Waals surface area contributed by atoms with Crippen molar-refractivity contribution in [2.24, 2.45) is 0 Å². The third-order valence-electron chi connectivity index (χ3n) is 10.9.